The highest BCUT2D eigenvalue weighted by Crippen LogP contribution is 2.35. The average molecular weight is 237 g/mol. The standard InChI is InChI=1S/C9H7N3OS2/c1-13-9-12-6-5(14-9)3-2-4-7(6)15-8(10)11-4/h2-3H,1H3,(H2,10,11). The first-order valence-electron chi connectivity index (χ1n) is 4.27. The van der Waals surface area contributed by atoms with E-state index in [0.29, 0.717) is 10.3 Å². The van der Waals surface area contributed by atoms with Crippen molar-refractivity contribution in [2.24, 2.45) is 0 Å². The summed E-state index contributed by atoms with van der Waals surface area (Å²) < 4.78 is 7.25. The van der Waals surface area contributed by atoms with Gasteiger partial charge in [0.15, 0.2) is 5.13 Å². The van der Waals surface area contributed by atoms with Crippen molar-refractivity contribution in [2.75, 3.05) is 12.8 Å². The third kappa shape index (κ3) is 1.25. The van der Waals surface area contributed by atoms with Crippen LogP contribution >= 0.6 is 22.7 Å². The number of hydrogen-bond acceptors (Lipinski definition) is 6. The highest BCUT2D eigenvalue weighted by atomic mass is 32.1. The molecule has 0 amide bonds. The number of hydrogen-bond donors (Lipinski definition) is 1. The van der Waals surface area contributed by atoms with E-state index in [1.54, 1.807) is 7.11 Å². The van der Waals surface area contributed by atoms with Gasteiger partial charge in [0.2, 0.25) is 0 Å². The van der Waals surface area contributed by atoms with Crippen molar-refractivity contribution in [3.8, 4) is 5.19 Å². The maximum atomic E-state index is 5.67. The van der Waals surface area contributed by atoms with Crippen LogP contribution in [0, 0.1) is 0 Å². The Morgan fingerprint density at radius 1 is 1.27 bits per heavy atom. The van der Waals surface area contributed by atoms with Gasteiger partial charge in [-0.3, -0.25) is 0 Å². The number of nitrogens with zero attached hydrogens (tertiary/aromatic N) is 2. The van der Waals surface area contributed by atoms with E-state index in [-0.39, 0.29) is 0 Å². The Hall–Kier alpha value is -1.40. The Labute approximate surface area is 93.3 Å². The van der Waals surface area contributed by atoms with Crippen LogP contribution < -0.4 is 10.5 Å². The van der Waals surface area contributed by atoms with E-state index in [1.807, 2.05) is 12.1 Å². The van der Waals surface area contributed by atoms with Crippen LogP contribution in [0.1, 0.15) is 0 Å². The molecule has 0 aliphatic heterocycles. The van der Waals surface area contributed by atoms with Gasteiger partial charge in [-0.1, -0.05) is 22.7 Å². The zero-order chi connectivity index (χ0) is 10.4. The van der Waals surface area contributed by atoms with Crippen LogP contribution in [0.2, 0.25) is 0 Å². The van der Waals surface area contributed by atoms with Crippen molar-refractivity contribution >= 4 is 48.2 Å². The van der Waals surface area contributed by atoms with Crippen LogP contribution in [0.25, 0.3) is 20.4 Å². The van der Waals surface area contributed by atoms with Crippen molar-refractivity contribution in [3.63, 3.8) is 0 Å². The van der Waals surface area contributed by atoms with Crippen molar-refractivity contribution in [1.82, 2.24) is 9.97 Å². The van der Waals surface area contributed by atoms with Crippen LogP contribution in [0.4, 0.5) is 5.13 Å². The number of nitrogens with two attached hydrogens (primary N) is 1. The molecule has 0 saturated carbocycles. The van der Waals surface area contributed by atoms with E-state index < -0.39 is 0 Å². The minimum Gasteiger partial charge on any atom is -0.473 e. The van der Waals surface area contributed by atoms with E-state index in [1.165, 1.54) is 22.7 Å². The van der Waals surface area contributed by atoms with Gasteiger partial charge in [0.1, 0.15) is 5.52 Å². The molecule has 0 radical (unpaired) electrons. The number of benzene rings is 1. The fourth-order valence-corrected chi connectivity index (χ4v) is 3.14. The monoisotopic (exact) mass is 237 g/mol. The fraction of sp³-hybridized carbons (Fsp3) is 0.111. The molecule has 4 nitrogen and oxygen atoms in total. The zero-order valence-electron chi connectivity index (χ0n) is 7.85. The van der Waals surface area contributed by atoms with Gasteiger partial charge >= 0.3 is 0 Å². The van der Waals surface area contributed by atoms with Crippen molar-refractivity contribution in [1.29, 1.82) is 0 Å². The van der Waals surface area contributed by atoms with Gasteiger partial charge in [0.25, 0.3) is 5.19 Å². The minimum atomic E-state index is 0.574. The first-order chi connectivity index (χ1) is 7.28. The zero-order valence-corrected chi connectivity index (χ0v) is 9.48. The van der Waals surface area contributed by atoms with Crippen molar-refractivity contribution in [3.05, 3.63) is 12.1 Å². The van der Waals surface area contributed by atoms with E-state index in [9.17, 15) is 0 Å². The molecule has 0 spiro atoms. The van der Waals surface area contributed by atoms with Gasteiger partial charge in [-0.2, -0.15) is 0 Å². The summed E-state index contributed by atoms with van der Waals surface area (Å²) in [7, 11) is 1.62. The number of nitrogen functional groups attached to an aromatic ring is 1. The molecule has 2 N–H and O–H groups in total. The molecule has 0 atom stereocenters. The molecule has 2 aromatic heterocycles. The van der Waals surface area contributed by atoms with Gasteiger partial charge in [0.05, 0.1) is 22.0 Å². The molecule has 76 valence electrons. The van der Waals surface area contributed by atoms with Crippen molar-refractivity contribution < 1.29 is 4.74 Å². The maximum Gasteiger partial charge on any atom is 0.274 e. The van der Waals surface area contributed by atoms with Gasteiger partial charge < -0.3 is 10.5 Å². The van der Waals surface area contributed by atoms with Crippen LogP contribution in [0.3, 0.4) is 0 Å². The highest BCUT2D eigenvalue weighted by Gasteiger charge is 2.10. The summed E-state index contributed by atoms with van der Waals surface area (Å²) in [5.41, 5.74) is 7.51. The molecule has 0 fully saturated rings. The van der Waals surface area contributed by atoms with Gasteiger partial charge in [-0.15, -0.1) is 0 Å². The van der Waals surface area contributed by atoms with Crippen LogP contribution in [0.5, 0.6) is 5.19 Å². The summed E-state index contributed by atoms with van der Waals surface area (Å²) in [6, 6.07) is 3.96. The lowest BCUT2D eigenvalue weighted by Crippen LogP contribution is -1.79. The second-order valence-corrected chi connectivity index (χ2v) is 5.02. The van der Waals surface area contributed by atoms with Crippen LogP contribution in [-0.2, 0) is 0 Å². The Morgan fingerprint density at radius 3 is 2.93 bits per heavy atom. The quantitative estimate of drug-likeness (QED) is 0.706. The molecular formula is C9H7N3OS2. The van der Waals surface area contributed by atoms with Gasteiger partial charge in [-0.05, 0) is 12.1 Å². The lowest BCUT2D eigenvalue weighted by Gasteiger charge is -1.87. The van der Waals surface area contributed by atoms with E-state index in [2.05, 4.69) is 9.97 Å². The first kappa shape index (κ1) is 8.87. The number of fused-ring (bicyclic) bond motifs is 3. The molecule has 0 saturated heterocycles. The van der Waals surface area contributed by atoms with E-state index in [4.69, 9.17) is 10.5 Å². The molecule has 3 aromatic rings. The van der Waals surface area contributed by atoms with Gasteiger partial charge in [-0.25, -0.2) is 9.97 Å². The summed E-state index contributed by atoms with van der Waals surface area (Å²) in [6.07, 6.45) is 0. The van der Waals surface area contributed by atoms with Gasteiger partial charge in [0, 0.05) is 0 Å². The summed E-state index contributed by atoms with van der Waals surface area (Å²) in [5, 5.41) is 1.24. The Kier molecular flexibility index (Phi) is 1.80. The van der Waals surface area contributed by atoms with E-state index in [0.717, 1.165) is 20.4 Å². The predicted octanol–water partition coefficient (Wildman–Crippen LogP) is 2.50. The molecule has 0 aliphatic carbocycles. The number of thiazole rings is 2. The topological polar surface area (TPSA) is 61.0 Å². The average Bonchev–Trinajstić information content (AvgIpc) is 2.78. The number of methoxy groups -OCH3 is 1. The smallest absolute Gasteiger partial charge is 0.274 e. The fourth-order valence-electron chi connectivity index (χ4n) is 1.46. The number of ether oxygens (including phenoxy) is 1. The third-order valence-electron chi connectivity index (χ3n) is 2.09. The Morgan fingerprint density at radius 2 is 2.13 bits per heavy atom. The van der Waals surface area contributed by atoms with Crippen molar-refractivity contribution in [2.45, 2.75) is 0 Å². The molecule has 0 aliphatic rings. The summed E-state index contributed by atoms with van der Waals surface area (Å²) in [5.74, 6) is 0. The molecule has 6 heteroatoms. The minimum absolute atomic E-state index is 0.574. The third-order valence-corrected chi connectivity index (χ3v) is 3.97. The molecule has 15 heavy (non-hydrogen) atoms. The SMILES string of the molecule is COc1nc2c(ccc3nc(N)sc32)s1. The van der Waals surface area contributed by atoms with E-state index >= 15 is 0 Å². The highest BCUT2D eigenvalue weighted by molar-refractivity contribution is 7.24. The molecule has 3 rings (SSSR count). The summed E-state index contributed by atoms with van der Waals surface area (Å²) in [4.78, 5) is 8.60. The second-order valence-electron chi connectivity index (χ2n) is 3.00. The number of aromatic nitrogens is 2. The Balaban J connectivity index is 2.46. The predicted molar refractivity (Wildman–Crippen MR) is 63.8 cm³/mol. The lowest BCUT2D eigenvalue weighted by molar-refractivity contribution is 0.413. The number of rotatable bonds is 1. The molecule has 0 unspecified atom stereocenters. The summed E-state index contributed by atoms with van der Waals surface area (Å²) in [6.45, 7) is 0. The normalized spacial score (nSPS) is 11.3. The molecule has 2 heterocycles. The largest absolute Gasteiger partial charge is 0.473 e. The van der Waals surface area contributed by atoms with Crippen LogP contribution in [-0.4, -0.2) is 17.1 Å². The van der Waals surface area contributed by atoms with Crippen LogP contribution in [0.15, 0.2) is 12.1 Å². The maximum absolute atomic E-state index is 5.67. The number of anilines is 1. The second kappa shape index (κ2) is 3.04. The molecular weight excluding hydrogens is 230 g/mol. The molecule has 1 aromatic carbocycles. The summed E-state index contributed by atoms with van der Waals surface area (Å²) >= 11 is 2.99. The first-order valence-corrected chi connectivity index (χ1v) is 5.91. The lowest BCUT2D eigenvalue weighted by atomic mass is 10.3. The Bertz CT molecular complexity index is 643. The molecule has 0 bridgehead atoms.